The van der Waals surface area contributed by atoms with Crippen LogP contribution in [0.3, 0.4) is 0 Å². The maximum atomic E-state index is 6.30. The number of hydrogen-bond donors (Lipinski definition) is 1. The van der Waals surface area contributed by atoms with Crippen molar-refractivity contribution in [3.05, 3.63) is 51.8 Å². The Hall–Kier alpha value is -1.13. The van der Waals surface area contributed by atoms with Gasteiger partial charge in [-0.1, -0.05) is 37.3 Å². The van der Waals surface area contributed by atoms with E-state index < -0.39 is 0 Å². The Morgan fingerprint density at radius 2 is 2.00 bits per heavy atom. The van der Waals surface area contributed by atoms with Gasteiger partial charge in [0.2, 0.25) is 0 Å². The summed E-state index contributed by atoms with van der Waals surface area (Å²) in [5.41, 5.74) is 10.0. The topological polar surface area (TPSA) is 43.8 Å². The molecule has 1 aromatic heterocycles. The average molecular weight is 350 g/mol. The fourth-order valence-electron chi connectivity index (χ4n) is 2.61. The second kappa shape index (κ2) is 7.76. The molecule has 2 N–H and O–H groups in total. The van der Waals surface area contributed by atoms with E-state index in [-0.39, 0.29) is 6.04 Å². The SMILES string of the molecule is CCc1nn(C)c(CC(N)CCCc2ccccc2)c1Br. The van der Waals surface area contributed by atoms with Gasteiger partial charge in [0, 0.05) is 19.5 Å². The number of rotatable bonds is 7. The molecule has 2 rings (SSSR count). The van der Waals surface area contributed by atoms with Gasteiger partial charge in [-0.2, -0.15) is 5.10 Å². The Morgan fingerprint density at radius 3 is 2.62 bits per heavy atom. The highest BCUT2D eigenvalue weighted by molar-refractivity contribution is 9.10. The summed E-state index contributed by atoms with van der Waals surface area (Å²) >= 11 is 3.66. The van der Waals surface area contributed by atoms with Crippen molar-refractivity contribution in [2.75, 3.05) is 0 Å². The molecular formula is C17H24BrN3. The van der Waals surface area contributed by atoms with E-state index in [4.69, 9.17) is 5.73 Å². The van der Waals surface area contributed by atoms with E-state index in [9.17, 15) is 0 Å². The third kappa shape index (κ3) is 4.42. The summed E-state index contributed by atoms with van der Waals surface area (Å²) in [7, 11) is 2.00. The van der Waals surface area contributed by atoms with Gasteiger partial charge in [0.05, 0.1) is 15.9 Å². The zero-order chi connectivity index (χ0) is 15.2. The third-order valence-electron chi connectivity index (χ3n) is 3.84. The van der Waals surface area contributed by atoms with Gasteiger partial charge in [0.15, 0.2) is 0 Å². The molecule has 21 heavy (non-hydrogen) atoms. The molecule has 0 saturated heterocycles. The fraction of sp³-hybridized carbons (Fsp3) is 0.471. The van der Waals surface area contributed by atoms with Crippen molar-refractivity contribution in [1.82, 2.24) is 9.78 Å². The monoisotopic (exact) mass is 349 g/mol. The Kier molecular flexibility index (Phi) is 6.00. The summed E-state index contributed by atoms with van der Waals surface area (Å²) in [6.45, 7) is 2.12. The zero-order valence-electron chi connectivity index (χ0n) is 12.8. The molecule has 1 aromatic carbocycles. The molecule has 0 radical (unpaired) electrons. The highest BCUT2D eigenvalue weighted by atomic mass is 79.9. The number of halogens is 1. The molecule has 0 aliphatic rings. The van der Waals surface area contributed by atoms with Crippen LogP contribution in [0.2, 0.25) is 0 Å². The minimum Gasteiger partial charge on any atom is -0.327 e. The minimum absolute atomic E-state index is 0.185. The fourth-order valence-corrected chi connectivity index (χ4v) is 3.38. The molecule has 0 saturated carbocycles. The Morgan fingerprint density at radius 1 is 1.29 bits per heavy atom. The molecule has 3 nitrogen and oxygen atoms in total. The van der Waals surface area contributed by atoms with E-state index >= 15 is 0 Å². The first-order chi connectivity index (χ1) is 10.1. The van der Waals surface area contributed by atoms with Crippen LogP contribution in [-0.4, -0.2) is 15.8 Å². The molecular weight excluding hydrogens is 326 g/mol. The molecule has 1 unspecified atom stereocenters. The predicted octanol–water partition coefficient (Wildman–Crippen LogP) is 3.64. The quantitative estimate of drug-likeness (QED) is 0.829. The molecule has 114 valence electrons. The van der Waals surface area contributed by atoms with E-state index in [2.05, 4.69) is 58.3 Å². The van der Waals surface area contributed by atoms with Crippen LogP contribution in [0.4, 0.5) is 0 Å². The van der Waals surface area contributed by atoms with Gasteiger partial charge in [-0.25, -0.2) is 0 Å². The van der Waals surface area contributed by atoms with Gasteiger partial charge in [0.25, 0.3) is 0 Å². The number of nitrogens with zero attached hydrogens (tertiary/aromatic N) is 2. The van der Waals surface area contributed by atoms with Crippen LogP contribution in [0.15, 0.2) is 34.8 Å². The second-order valence-electron chi connectivity index (χ2n) is 5.53. The van der Waals surface area contributed by atoms with Crippen molar-refractivity contribution < 1.29 is 0 Å². The van der Waals surface area contributed by atoms with Crippen molar-refractivity contribution in [3.63, 3.8) is 0 Å². The van der Waals surface area contributed by atoms with Crippen molar-refractivity contribution in [2.45, 2.75) is 45.1 Å². The lowest BCUT2D eigenvalue weighted by atomic mass is 10.0. The first-order valence-corrected chi connectivity index (χ1v) is 8.40. The summed E-state index contributed by atoms with van der Waals surface area (Å²) in [6, 6.07) is 10.8. The maximum Gasteiger partial charge on any atom is 0.0766 e. The van der Waals surface area contributed by atoms with E-state index in [1.165, 1.54) is 11.3 Å². The van der Waals surface area contributed by atoms with Crippen molar-refractivity contribution in [1.29, 1.82) is 0 Å². The predicted molar refractivity (Wildman–Crippen MR) is 91.3 cm³/mol. The molecule has 0 fully saturated rings. The van der Waals surface area contributed by atoms with Crippen molar-refractivity contribution in [2.24, 2.45) is 12.8 Å². The number of benzene rings is 1. The Labute approximate surface area is 135 Å². The molecule has 0 bridgehead atoms. The number of nitrogens with two attached hydrogens (primary N) is 1. The molecule has 0 aliphatic heterocycles. The first-order valence-electron chi connectivity index (χ1n) is 7.61. The average Bonchev–Trinajstić information content (AvgIpc) is 2.76. The smallest absolute Gasteiger partial charge is 0.0766 e. The van der Waals surface area contributed by atoms with Crippen molar-refractivity contribution >= 4 is 15.9 Å². The van der Waals surface area contributed by atoms with Gasteiger partial charge in [0.1, 0.15) is 0 Å². The summed E-state index contributed by atoms with van der Waals surface area (Å²) in [5.74, 6) is 0. The molecule has 0 spiro atoms. The highest BCUT2D eigenvalue weighted by Gasteiger charge is 2.15. The summed E-state index contributed by atoms with van der Waals surface area (Å²) in [6.07, 6.45) is 5.08. The van der Waals surface area contributed by atoms with Gasteiger partial charge in [-0.3, -0.25) is 4.68 Å². The largest absolute Gasteiger partial charge is 0.327 e. The zero-order valence-corrected chi connectivity index (χ0v) is 14.4. The molecule has 0 amide bonds. The third-order valence-corrected chi connectivity index (χ3v) is 4.76. The summed E-state index contributed by atoms with van der Waals surface area (Å²) < 4.78 is 3.09. The van der Waals surface area contributed by atoms with Crippen LogP contribution in [-0.2, 0) is 26.3 Å². The van der Waals surface area contributed by atoms with Crippen LogP contribution in [0.5, 0.6) is 0 Å². The summed E-state index contributed by atoms with van der Waals surface area (Å²) in [5, 5.41) is 4.52. The van der Waals surface area contributed by atoms with Gasteiger partial charge < -0.3 is 5.73 Å². The molecule has 0 aliphatic carbocycles. The van der Waals surface area contributed by atoms with E-state index in [0.29, 0.717) is 0 Å². The Bertz CT molecular complexity index is 563. The first kappa shape index (κ1) is 16.2. The lowest BCUT2D eigenvalue weighted by molar-refractivity contribution is 0.555. The minimum atomic E-state index is 0.185. The van der Waals surface area contributed by atoms with E-state index in [0.717, 1.165) is 42.3 Å². The molecule has 2 aromatic rings. The van der Waals surface area contributed by atoms with Gasteiger partial charge >= 0.3 is 0 Å². The molecule has 1 atom stereocenters. The van der Waals surface area contributed by atoms with Crippen molar-refractivity contribution in [3.8, 4) is 0 Å². The molecule has 4 heteroatoms. The lowest BCUT2D eigenvalue weighted by Crippen LogP contribution is -2.24. The second-order valence-corrected chi connectivity index (χ2v) is 6.32. The maximum absolute atomic E-state index is 6.30. The van der Waals surface area contributed by atoms with Crippen LogP contribution in [0, 0.1) is 0 Å². The normalized spacial score (nSPS) is 12.6. The highest BCUT2D eigenvalue weighted by Crippen LogP contribution is 2.23. The van der Waals surface area contributed by atoms with E-state index in [1.54, 1.807) is 0 Å². The lowest BCUT2D eigenvalue weighted by Gasteiger charge is -2.12. The van der Waals surface area contributed by atoms with E-state index in [1.807, 2.05) is 11.7 Å². The standard InChI is InChI=1S/C17H24BrN3/c1-3-15-17(18)16(21(2)20-15)12-14(19)11-7-10-13-8-5-4-6-9-13/h4-6,8-9,14H,3,7,10-12,19H2,1-2H3. The number of aromatic nitrogens is 2. The van der Waals surface area contributed by atoms with Gasteiger partial charge in [-0.15, -0.1) is 0 Å². The van der Waals surface area contributed by atoms with Crippen LogP contribution in [0.25, 0.3) is 0 Å². The summed E-state index contributed by atoms with van der Waals surface area (Å²) in [4.78, 5) is 0. The number of hydrogen-bond acceptors (Lipinski definition) is 2. The number of aryl methyl sites for hydroxylation is 3. The van der Waals surface area contributed by atoms with Gasteiger partial charge in [-0.05, 0) is 47.2 Å². The Balaban J connectivity index is 1.85. The van der Waals surface area contributed by atoms with Crippen LogP contribution >= 0.6 is 15.9 Å². The van der Waals surface area contributed by atoms with Crippen LogP contribution < -0.4 is 5.73 Å². The molecule has 1 heterocycles. The van der Waals surface area contributed by atoms with Crippen LogP contribution in [0.1, 0.15) is 36.7 Å².